The van der Waals surface area contributed by atoms with Gasteiger partial charge in [-0.05, 0) is 31.5 Å². The zero-order chi connectivity index (χ0) is 13.3. The Morgan fingerprint density at radius 2 is 1.67 bits per heavy atom. The second-order valence-electron chi connectivity index (χ2n) is 5.00. The molecule has 0 radical (unpaired) electrons. The molecule has 0 fully saturated rings. The first-order chi connectivity index (χ1) is 8.50. The lowest BCUT2D eigenvalue weighted by Gasteiger charge is -2.29. The molecule has 0 nitrogen and oxygen atoms in total. The molecule has 0 aliphatic carbocycles. The quantitative estimate of drug-likeness (QED) is 0.516. The van der Waals surface area contributed by atoms with Crippen LogP contribution < -0.4 is 0 Å². The molecule has 0 aromatic heterocycles. The summed E-state index contributed by atoms with van der Waals surface area (Å²) in [4.78, 5) is 0. The molecular weight excluding hydrogens is 255 g/mol. The first-order valence-electron chi connectivity index (χ1n) is 6.60. The zero-order valence-corrected chi connectivity index (χ0v) is 13.4. The highest BCUT2D eigenvalue weighted by atomic mass is 32.7. The summed E-state index contributed by atoms with van der Waals surface area (Å²) in [6.07, 6.45) is 4.57. The normalized spacial score (nSPS) is 23.5. The average Bonchev–Trinajstić information content (AvgIpc) is 2.61. The van der Waals surface area contributed by atoms with E-state index in [9.17, 15) is 0 Å². The van der Waals surface area contributed by atoms with Gasteiger partial charge in [-0.15, -0.1) is 0 Å². The van der Waals surface area contributed by atoms with Crippen LogP contribution in [0.1, 0.15) is 37.8 Å². The van der Waals surface area contributed by atoms with Crippen LogP contribution in [-0.4, -0.2) is 6.66 Å². The van der Waals surface area contributed by atoms with E-state index >= 15 is 0 Å². The predicted molar refractivity (Wildman–Crippen MR) is 87.0 cm³/mol. The van der Waals surface area contributed by atoms with Crippen molar-refractivity contribution in [3.8, 4) is 0 Å². The van der Waals surface area contributed by atoms with Crippen molar-refractivity contribution in [1.29, 1.82) is 0 Å². The number of hydrogen-bond acceptors (Lipinski definition) is 1. The predicted octanol–water partition coefficient (Wildman–Crippen LogP) is 5.53. The number of benzene rings is 1. The molecule has 0 spiro atoms. The zero-order valence-electron chi connectivity index (χ0n) is 11.7. The maximum Gasteiger partial charge on any atom is 0.0847 e. The van der Waals surface area contributed by atoms with E-state index in [1.807, 2.05) is 0 Å². The first-order valence-corrected chi connectivity index (χ1v) is 9.85. The molecule has 18 heavy (non-hydrogen) atoms. The highest BCUT2D eigenvalue weighted by molar-refractivity contribution is 8.47. The van der Waals surface area contributed by atoms with Gasteiger partial charge in [0.15, 0.2) is 0 Å². The fourth-order valence-electron chi connectivity index (χ4n) is 2.68. The molecule has 1 aliphatic heterocycles. The van der Waals surface area contributed by atoms with Crippen molar-refractivity contribution >= 4 is 24.0 Å². The lowest BCUT2D eigenvalue weighted by atomic mass is 10.1. The van der Waals surface area contributed by atoms with E-state index in [2.05, 4.69) is 57.8 Å². The summed E-state index contributed by atoms with van der Waals surface area (Å²) < 4.78 is 0. The third-order valence-electron chi connectivity index (χ3n) is 3.72. The second kappa shape index (κ2) is 5.23. The number of aryl methyl sites for hydroxylation is 1. The SMILES string of the molecule is CCC1=C(CC)[P+](C)([S-])C(c2ccc(C)cc2)=C1. The van der Waals surface area contributed by atoms with Crippen LogP contribution in [0.3, 0.4) is 0 Å². The number of hydrogen-bond donors (Lipinski definition) is 0. The minimum absolute atomic E-state index is 1.10. The highest BCUT2D eigenvalue weighted by Gasteiger charge is 2.35. The fraction of sp³-hybridized carbons (Fsp3) is 0.375. The van der Waals surface area contributed by atoms with Gasteiger partial charge in [-0.25, -0.2) is 0 Å². The lowest BCUT2D eigenvalue weighted by Crippen LogP contribution is -1.92. The molecule has 1 aromatic rings. The van der Waals surface area contributed by atoms with Gasteiger partial charge in [0, 0.05) is 18.6 Å². The van der Waals surface area contributed by atoms with Crippen molar-refractivity contribution in [3.05, 3.63) is 52.4 Å². The molecule has 0 bridgehead atoms. The Morgan fingerprint density at radius 3 is 2.11 bits per heavy atom. The van der Waals surface area contributed by atoms with Crippen molar-refractivity contribution in [2.24, 2.45) is 0 Å². The molecule has 0 saturated heterocycles. The smallest absolute Gasteiger partial charge is 0.0847 e. The first kappa shape index (κ1) is 13.9. The molecule has 0 N–H and O–H groups in total. The van der Waals surface area contributed by atoms with E-state index in [0.29, 0.717) is 0 Å². The Hall–Kier alpha value is -0.520. The largest absolute Gasteiger partial charge is 0.546 e. The Labute approximate surface area is 117 Å². The van der Waals surface area contributed by atoms with Gasteiger partial charge in [0.1, 0.15) is 0 Å². The van der Waals surface area contributed by atoms with E-state index in [0.717, 1.165) is 12.8 Å². The Kier molecular flexibility index (Phi) is 4.04. The monoisotopic (exact) mass is 276 g/mol. The van der Waals surface area contributed by atoms with Crippen LogP contribution in [0, 0.1) is 6.92 Å². The molecule has 1 aliphatic rings. The Bertz CT molecular complexity index is 506. The lowest BCUT2D eigenvalue weighted by molar-refractivity contribution is 1.09. The summed E-state index contributed by atoms with van der Waals surface area (Å²) in [7, 11) is 0. The van der Waals surface area contributed by atoms with Crippen molar-refractivity contribution in [3.63, 3.8) is 0 Å². The summed E-state index contributed by atoms with van der Waals surface area (Å²) in [6.45, 7) is 7.38. The van der Waals surface area contributed by atoms with Crippen LogP contribution in [0.4, 0.5) is 0 Å². The standard InChI is InChI=1S/C16H21PS/c1-5-13-11-16(17(4,18)15(13)6-2)14-9-7-12(3)8-10-14/h7-11H,5-6H2,1-4H3. The molecule has 2 heteroatoms. The maximum absolute atomic E-state index is 5.99. The van der Waals surface area contributed by atoms with Crippen LogP contribution in [0.5, 0.6) is 0 Å². The topological polar surface area (TPSA) is 0 Å². The number of rotatable bonds is 3. The molecule has 1 atom stereocenters. The van der Waals surface area contributed by atoms with Crippen LogP contribution in [-0.2, 0) is 12.2 Å². The molecule has 1 unspecified atom stereocenters. The highest BCUT2D eigenvalue weighted by Crippen LogP contribution is 2.75. The molecule has 0 amide bonds. The van der Waals surface area contributed by atoms with E-state index < -0.39 is 6.46 Å². The molecular formula is C16H21PS. The van der Waals surface area contributed by atoms with Crippen LogP contribution in [0.25, 0.3) is 5.31 Å². The number of allylic oxidation sites excluding steroid dienone is 3. The Balaban J connectivity index is 2.46. The van der Waals surface area contributed by atoms with Gasteiger partial charge in [0.2, 0.25) is 0 Å². The minimum atomic E-state index is -1.50. The van der Waals surface area contributed by atoms with Gasteiger partial charge in [-0.2, -0.15) is 0 Å². The summed E-state index contributed by atoms with van der Waals surface area (Å²) >= 11 is 5.99. The van der Waals surface area contributed by atoms with E-state index in [4.69, 9.17) is 12.2 Å². The molecule has 0 saturated carbocycles. The van der Waals surface area contributed by atoms with Gasteiger partial charge < -0.3 is 12.2 Å². The van der Waals surface area contributed by atoms with Crippen molar-refractivity contribution in [2.45, 2.75) is 33.6 Å². The van der Waals surface area contributed by atoms with Crippen LogP contribution >= 0.6 is 6.46 Å². The van der Waals surface area contributed by atoms with Crippen LogP contribution in [0.2, 0.25) is 0 Å². The average molecular weight is 276 g/mol. The Morgan fingerprint density at radius 1 is 1.06 bits per heavy atom. The fourth-order valence-corrected chi connectivity index (χ4v) is 6.60. The molecule has 1 aromatic carbocycles. The van der Waals surface area contributed by atoms with Gasteiger partial charge in [-0.3, -0.25) is 0 Å². The van der Waals surface area contributed by atoms with Crippen molar-refractivity contribution < 1.29 is 0 Å². The van der Waals surface area contributed by atoms with Gasteiger partial charge in [0.25, 0.3) is 0 Å². The molecule has 1 heterocycles. The minimum Gasteiger partial charge on any atom is -0.546 e. The van der Waals surface area contributed by atoms with Gasteiger partial charge >= 0.3 is 0 Å². The third kappa shape index (κ3) is 2.31. The molecule has 2 rings (SSSR count). The van der Waals surface area contributed by atoms with E-state index in [-0.39, 0.29) is 0 Å². The van der Waals surface area contributed by atoms with E-state index in [1.54, 1.807) is 0 Å². The summed E-state index contributed by atoms with van der Waals surface area (Å²) in [6, 6.07) is 8.80. The summed E-state index contributed by atoms with van der Waals surface area (Å²) in [5.74, 6) is 0. The third-order valence-corrected chi connectivity index (χ3v) is 7.91. The van der Waals surface area contributed by atoms with Gasteiger partial charge in [0.05, 0.1) is 10.6 Å². The van der Waals surface area contributed by atoms with Gasteiger partial charge in [-0.1, -0.05) is 43.7 Å². The molecule has 96 valence electrons. The van der Waals surface area contributed by atoms with E-state index in [1.165, 1.54) is 27.3 Å². The summed E-state index contributed by atoms with van der Waals surface area (Å²) in [5.41, 5.74) is 4.11. The maximum atomic E-state index is 5.99. The van der Waals surface area contributed by atoms with Crippen molar-refractivity contribution in [2.75, 3.05) is 6.66 Å². The summed E-state index contributed by atoms with van der Waals surface area (Å²) in [5, 5.41) is 2.95. The van der Waals surface area contributed by atoms with Crippen molar-refractivity contribution in [1.82, 2.24) is 0 Å². The van der Waals surface area contributed by atoms with Crippen LogP contribution in [0.15, 0.2) is 41.2 Å². The second-order valence-corrected chi connectivity index (χ2v) is 10.1.